The monoisotopic (exact) mass is 468 g/mol. The molecular weight excluding hydrogens is 440 g/mol. The summed E-state index contributed by atoms with van der Waals surface area (Å²) in [5, 5.41) is 15.1. The molecule has 2 aliphatic carbocycles. The first kappa shape index (κ1) is 23.2. The standard InChI is InChI=1S/C25H28N2O5S/c1-33-16-11-10-15(12-16)26-24(30)22(13-23(28)29)27-25(31)32-14-21-19-8-4-2-6-17(19)18-7-3-5-9-20(18)21/h2-9,15-16,21-22H,10-14H2,1H3,(H,26,30)(H,27,31)(H,28,29). The minimum atomic E-state index is -1.19. The fraction of sp³-hybridized carbons (Fsp3) is 0.400. The minimum Gasteiger partial charge on any atom is -0.481 e. The number of thioether (sulfide) groups is 1. The molecule has 0 spiro atoms. The molecule has 1 fully saturated rings. The first-order valence-corrected chi connectivity index (χ1v) is 12.4. The highest BCUT2D eigenvalue weighted by Gasteiger charge is 2.32. The van der Waals surface area contributed by atoms with Crippen LogP contribution in [0.5, 0.6) is 0 Å². The number of carbonyl (C=O) groups excluding carboxylic acids is 2. The molecule has 0 aromatic heterocycles. The smallest absolute Gasteiger partial charge is 0.407 e. The molecule has 1 saturated carbocycles. The summed E-state index contributed by atoms with van der Waals surface area (Å²) in [7, 11) is 0. The van der Waals surface area contributed by atoms with E-state index < -0.39 is 30.4 Å². The van der Waals surface area contributed by atoms with Crippen LogP contribution < -0.4 is 10.6 Å². The van der Waals surface area contributed by atoms with E-state index in [4.69, 9.17) is 4.74 Å². The first-order chi connectivity index (χ1) is 16.0. The second kappa shape index (κ2) is 10.3. The Labute approximate surface area is 197 Å². The van der Waals surface area contributed by atoms with Crippen LogP contribution >= 0.6 is 11.8 Å². The molecule has 174 valence electrons. The number of aliphatic carboxylic acids is 1. The van der Waals surface area contributed by atoms with Crippen molar-refractivity contribution < 1.29 is 24.2 Å². The quantitative estimate of drug-likeness (QED) is 0.545. The molecule has 0 saturated heterocycles. The summed E-state index contributed by atoms with van der Waals surface area (Å²) in [5.74, 6) is -1.77. The van der Waals surface area contributed by atoms with Crippen molar-refractivity contribution in [2.45, 2.75) is 48.9 Å². The first-order valence-electron chi connectivity index (χ1n) is 11.1. The molecule has 0 aliphatic heterocycles. The number of ether oxygens (including phenoxy) is 1. The van der Waals surface area contributed by atoms with Crippen LogP contribution in [0.4, 0.5) is 4.79 Å². The average Bonchev–Trinajstić information content (AvgIpc) is 3.39. The lowest BCUT2D eigenvalue weighted by molar-refractivity contribution is -0.140. The number of hydrogen-bond acceptors (Lipinski definition) is 5. The van der Waals surface area contributed by atoms with Crippen molar-refractivity contribution in [1.82, 2.24) is 10.6 Å². The van der Waals surface area contributed by atoms with Gasteiger partial charge in [0.05, 0.1) is 6.42 Å². The van der Waals surface area contributed by atoms with E-state index in [1.807, 2.05) is 54.8 Å². The molecule has 0 bridgehead atoms. The molecular formula is C25H28N2O5S. The van der Waals surface area contributed by atoms with Gasteiger partial charge in [0.15, 0.2) is 0 Å². The van der Waals surface area contributed by atoms with Crippen molar-refractivity contribution in [2.24, 2.45) is 0 Å². The largest absolute Gasteiger partial charge is 0.481 e. The Morgan fingerprint density at radius 2 is 1.70 bits per heavy atom. The van der Waals surface area contributed by atoms with Crippen LogP contribution in [0.25, 0.3) is 11.1 Å². The van der Waals surface area contributed by atoms with Crippen molar-refractivity contribution in [3.63, 3.8) is 0 Å². The number of carboxylic acids is 1. The Balaban J connectivity index is 1.38. The van der Waals surface area contributed by atoms with E-state index in [-0.39, 0.29) is 18.6 Å². The number of fused-ring (bicyclic) bond motifs is 3. The van der Waals surface area contributed by atoms with Gasteiger partial charge in [0.25, 0.3) is 0 Å². The van der Waals surface area contributed by atoms with E-state index in [0.717, 1.165) is 41.5 Å². The second-order valence-electron chi connectivity index (χ2n) is 8.50. The van der Waals surface area contributed by atoms with Gasteiger partial charge in [0.1, 0.15) is 12.6 Å². The third kappa shape index (κ3) is 5.33. The zero-order valence-corrected chi connectivity index (χ0v) is 19.3. The highest BCUT2D eigenvalue weighted by atomic mass is 32.2. The van der Waals surface area contributed by atoms with E-state index in [9.17, 15) is 19.5 Å². The molecule has 2 aromatic carbocycles. The second-order valence-corrected chi connectivity index (χ2v) is 9.63. The lowest BCUT2D eigenvalue weighted by atomic mass is 9.98. The predicted octanol–water partition coefficient (Wildman–Crippen LogP) is 3.77. The number of benzene rings is 2. The molecule has 2 aliphatic rings. The van der Waals surface area contributed by atoms with Gasteiger partial charge < -0.3 is 20.5 Å². The zero-order chi connectivity index (χ0) is 23.4. The lowest BCUT2D eigenvalue weighted by Crippen LogP contribution is -2.50. The van der Waals surface area contributed by atoms with Crippen LogP contribution in [-0.2, 0) is 14.3 Å². The van der Waals surface area contributed by atoms with E-state index in [2.05, 4.69) is 10.6 Å². The Morgan fingerprint density at radius 1 is 1.06 bits per heavy atom. The summed E-state index contributed by atoms with van der Waals surface area (Å²) in [5.41, 5.74) is 4.39. The van der Waals surface area contributed by atoms with Gasteiger partial charge in [0.2, 0.25) is 5.91 Å². The minimum absolute atomic E-state index is 0.00411. The van der Waals surface area contributed by atoms with Crippen molar-refractivity contribution in [2.75, 3.05) is 12.9 Å². The normalized spacial score (nSPS) is 19.9. The van der Waals surface area contributed by atoms with Crippen LogP contribution in [0.1, 0.15) is 42.7 Å². The average molecular weight is 469 g/mol. The van der Waals surface area contributed by atoms with E-state index in [1.165, 1.54) is 0 Å². The lowest BCUT2D eigenvalue weighted by Gasteiger charge is -2.21. The summed E-state index contributed by atoms with van der Waals surface area (Å²) in [4.78, 5) is 36.5. The van der Waals surface area contributed by atoms with Gasteiger partial charge in [-0.2, -0.15) is 11.8 Å². The number of hydrogen-bond donors (Lipinski definition) is 3. The highest BCUT2D eigenvalue weighted by Crippen LogP contribution is 2.44. The van der Waals surface area contributed by atoms with Crippen molar-refractivity contribution in [3.8, 4) is 11.1 Å². The molecule has 0 heterocycles. The number of alkyl carbamates (subject to hydrolysis) is 1. The third-order valence-corrected chi connectivity index (χ3v) is 7.49. The molecule has 4 rings (SSSR count). The number of carboxylic acid groups (broad SMARTS) is 1. The van der Waals surface area contributed by atoms with Crippen molar-refractivity contribution in [3.05, 3.63) is 59.7 Å². The maximum atomic E-state index is 12.7. The number of rotatable bonds is 8. The van der Waals surface area contributed by atoms with Crippen molar-refractivity contribution in [1.29, 1.82) is 0 Å². The topological polar surface area (TPSA) is 105 Å². The molecule has 33 heavy (non-hydrogen) atoms. The van der Waals surface area contributed by atoms with Gasteiger partial charge in [-0.05, 0) is 47.8 Å². The SMILES string of the molecule is CSC1CCC(NC(=O)C(CC(=O)O)NC(=O)OCC2c3ccccc3-c3ccccc32)C1. The predicted molar refractivity (Wildman–Crippen MR) is 127 cm³/mol. The van der Waals surface area contributed by atoms with E-state index >= 15 is 0 Å². The van der Waals surface area contributed by atoms with Crippen LogP contribution in [0.15, 0.2) is 48.5 Å². The van der Waals surface area contributed by atoms with Gasteiger partial charge in [0, 0.05) is 17.2 Å². The molecule has 2 aromatic rings. The van der Waals surface area contributed by atoms with Crippen LogP contribution in [0.3, 0.4) is 0 Å². The summed E-state index contributed by atoms with van der Waals surface area (Å²) >= 11 is 1.77. The van der Waals surface area contributed by atoms with Gasteiger partial charge >= 0.3 is 12.1 Å². The van der Waals surface area contributed by atoms with Gasteiger partial charge in [-0.3, -0.25) is 9.59 Å². The molecule has 3 N–H and O–H groups in total. The van der Waals surface area contributed by atoms with E-state index in [0.29, 0.717) is 5.25 Å². The molecule has 8 heteroatoms. The van der Waals surface area contributed by atoms with Gasteiger partial charge in [-0.25, -0.2) is 4.79 Å². The summed E-state index contributed by atoms with van der Waals surface area (Å²) in [6.07, 6.45) is 3.44. The summed E-state index contributed by atoms with van der Waals surface area (Å²) in [6, 6.07) is 14.8. The Morgan fingerprint density at radius 3 is 2.27 bits per heavy atom. The third-order valence-electron chi connectivity index (χ3n) is 6.40. The van der Waals surface area contributed by atoms with E-state index in [1.54, 1.807) is 11.8 Å². The molecule has 7 nitrogen and oxygen atoms in total. The maximum absolute atomic E-state index is 12.7. The number of amides is 2. The van der Waals surface area contributed by atoms with Crippen molar-refractivity contribution >= 4 is 29.7 Å². The molecule has 3 atom stereocenters. The van der Waals surface area contributed by atoms with Gasteiger partial charge in [-0.15, -0.1) is 0 Å². The Bertz CT molecular complexity index is 997. The maximum Gasteiger partial charge on any atom is 0.407 e. The fourth-order valence-corrected chi connectivity index (χ4v) is 5.55. The van der Waals surface area contributed by atoms with Crippen LogP contribution in [0.2, 0.25) is 0 Å². The Kier molecular flexibility index (Phi) is 7.23. The highest BCUT2D eigenvalue weighted by molar-refractivity contribution is 7.99. The number of nitrogens with one attached hydrogen (secondary N) is 2. The summed E-state index contributed by atoms with van der Waals surface area (Å²) in [6.45, 7) is 0.0965. The molecule has 0 radical (unpaired) electrons. The molecule has 3 unspecified atom stereocenters. The number of carbonyl (C=O) groups is 3. The molecule has 2 amide bonds. The summed E-state index contributed by atoms with van der Waals surface area (Å²) < 4.78 is 5.48. The fourth-order valence-electron chi connectivity index (χ4n) is 4.75. The van der Waals surface area contributed by atoms with Crippen LogP contribution in [0, 0.1) is 0 Å². The van der Waals surface area contributed by atoms with Crippen LogP contribution in [-0.4, -0.2) is 53.3 Å². The van der Waals surface area contributed by atoms with Gasteiger partial charge in [-0.1, -0.05) is 48.5 Å². The Hall–Kier alpha value is -3.00. The zero-order valence-electron chi connectivity index (χ0n) is 18.5.